The number of fused-ring (bicyclic) bond motifs is 1. The molecule has 30 heavy (non-hydrogen) atoms. The van der Waals surface area contributed by atoms with Crippen LogP contribution in [0.5, 0.6) is 5.75 Å². The molecule has 150 valence electrons. The minimum atomic E-state index is -0.850. The van der Waals surface area contributed by atoms with Crippen LogP contribution in [-0.2, 0) is 11.2 Å². The molecule has 0 fully saturated rings. The van der Waals surface area contributed by atoms with Crippen LogP contribution in [-0.4, -0.2) is 26.2 Å². The van der Waals surface area contributed by atoms with E-state index in [-0.39, 0.29) is 27.0 Å². The molecule has 4 aromatic rings. The number of hydrogen-bond donors (Lipinski definition) is 2. The van der Waals surface area contributed by atoms with Crippen LogP contribution < -0.4 is 5.32 Å². The number of carbonyl (C=O) groups is 2. The first-order chi connectivity index (χ1) is 14.4. The smallest absolute Gasteiger partial charge is 0.296 e. The average molecular weight is 440 g/mol. The molecular weight excluding hydrogens is 425 g/mol. The van der Waals surface area contributed by atoms with E-state index in [9.17, 15) is 14.7 Å². The van der Waals surface area contributed by atoms with Crippen molar-refractivity contribution >= 4 is 46.1 Å². The number of nitrogens with zero attached hydrogens (tertiary/aromatic N) is 2. The first-order valence-corrected chi connectivity index (χ1v) is 9.71. The second kappa shape index (κ2) is 8.18. The molecule has 0 radical (unpaired) electrons. The van der Waals surface area contributed by atoms with Gasteiger partial charge in [-0.15, -0.1) is 0 Å². The van der Waals surface area contributed by atoms with Crippen LogP contribution in [0, 0.1) is 0 Å². The Morgan fingerprint density at radius 2 is 1.73 bits per heavy atom. The number of hydrogen-bond acceptors (Lipinski definition) is 4. The van der Waals surface area contributed by atoms with Crippen LogP contribution in [0.3, 0.4) is 0 Å². The maximum atomic E-state index is 12.9. The molecule has 0 bridgehead atoms. The molecule has 0 aliphatic heterocycles. The quantitative estimate of drug-likeness (QED) is 0.346. The number of aromatic hydroxyl groups is 1. The maximum absolute atomic E-state index is 12.9. The summed E-state index contributed by atoms with van der Waals surface area (Å²) in [7, 11) is 0. The highest BCUT2D eigenvalue weighted by Gasteiger charge is 2.23. The molecule has 0 unspecified atom stereocenters. The lowest BCUT2D eigenvalue weighted by molar-refractivity contribution is -0.112. The van der Waals surface area contributed by atoms with E-state index >= 15 is 0 Å². The fourth-order valence-electron chi connectivity index (χ4n) is 3.19. The summed E-state index contributed by atoms with van der Waals surface area (Å²) in [5.74, 6) is -1.38. The van der Waals surface area contributed by atoms with E-state index < -0.39 is 11.7 Å². The van der Waals surface area contributed by atoms with Gasteiger partial charge in [-0.2, -0.15) is 0 Å². The second-order valence-electron chi connectivity index (χ2n) is 6.61. The molecule has 0 aliphatic carbocycles. The summed E-state index contributed by atoms with van der Waals surface area (Å²) in [6.07, 6.45) is 5.01. The lowest BCUT2D eigenvalue weighted by Crippen LogP contribution is -2.23. The second-order valence-corrected chi connectivity index (χ2v) is 7.42. The van der Waals surface area contributed by atoms with E-state index in [0.29, 0.717) is 11.9 Å². The van der Waals surface area contributed by atoms with E-state index in [1.54, 1.807) is 42.5 Å². The van der Waals surface area contributed by atoms with Crippen molar-refractivity contribution < 1.29 is 14.7 Å². The Kier molecular flexibility index (Phi) is 5.44. The summed E-state index contributed by atoms with van der Waals surface area (Å²) in [5, 5.41) is 12.2. The van der Waals surface area contributed by atoms with E-state index in [1.807, 2.05) is 16.7 Å². The minimum Gasteiger partial charge on any atom is -0.508 e. The first kappa shape index (κ1) is 19.9. The number of phenols is 1. The van der Waals surface area contributed by atoms with Crippen molar-refractivity contribution in [2.45, 2.75) is 6.42 Å². The van der Waals surface area contributed by atoms with Gasteiger partial charge in [0.05, 0.1) is 26.8 Å². The minimum absolute atomic E-state index is 0.137. The van der Waals surface area contributed by atoms with Crippen LogP contribution in [0.15, 0.2) is 67.1 Å². The average Bonchev–Trinajstić information content (AvgIpc) is 3.10. The highest BCUT2D eigenvalue weighted by atomic mass is 35.5. The van der Waals surface area contributed by atoms with Crippen molar-refractivity contribution in [1.29, 1.82) is 0 Å². The van der Waals surface area contributed by atoms with Gasteiger partial charge in [-0.3, -0.25) is 14.6 Å². The van der Waals surface area contributed by atoms with E-state index in [1.165, 1.54) is 12.4 Å². The number of pyridine rings is 2. The predicted octanol–water partition coefficient (Wildman–Crippen LogP) is 4.76. The Labute approximate surface area is 181 Å². The summed E-state index contributed by atoms with van der Waals surface area (Å²) >= 11 is 12.1. The highest BCUT2D eigenvalue weighted by Crippen LogP contribution is 2.29. The fraction of sp³-hybridized carbons (Fsp3) is 0.0455. The van der Waals surface area contributed by atoms with Crippen molar-refractivity contribution in [1.82, 2.24) is 9.38 Å². The number of benzene rings is 1. The third kappa shape index (κ3) is 3.87. The molecule has 8 heteroatoms. The predicted molar refractivity (Wildman–Crippen MR) is 116 cm³/mol. The molecule has 0 aliphatic rings. The van der Waals surface area contributed by atoms with Crippen LogP contribution in [0.4, 0.5) is 5.69 Å². The molecule has 4 rings (SSSR count). The van der Waals surface area contributed by atoms with Crippen LogP contribution >= 0.6 is 23.2 Å². The van der Waals surface area contributed by atoms with Crippen LogP contribution in [0.2, 0.25) is 10.0 Å². The number of aromatic nitrogens is 2. The molecule has 2 N–H and O–H groups in total. The highest BCUT2D eigenvalue weighted by molar-refractivity contribution is 6.49. The summed E-state index contributed by atoms with van der Waals surface area (Å²) in [4.78, 5) is 29.4. The topological polar surface area (TPSA) is 83.7 Å². The Balaban J connectivity index is 1.67. The summed E-state index contributed by atoms with van der Waals surface area (Å²) in [6, 6.07) is 13.9. The third-order valence-corrected chi connectivity index (χ3v) is 5.19. The molecular formula is C22H15Cl2N3O3. The molecule has 1 amide bonds. The molecule has 0 atom stereocenters. The third-order valence-electron chi connectivity index (χ3n) is 4.62. The van der Waals surface area contributed by atoms with Gasteiger partial charge in [0.1, 0.15) is 5.75 Å². The molecule has 6 nitrogen and oxygen atoms in total. The van der Waals surface area contributed by atoms with Gasteiger partial charge in [0.2, 0.25) is 0 Å². The number of ketones is 1. The zero-order chi connectivity index (χ0) is 21.3. The maximum Gasteiger partial charge on any atom is 0.296 e. The van der Waals surface area contributed by atoms with Crippen LogP contribution in [0.25, 0.3) is 5.52 Å². The lowest BCUT2D eigenvalue weighted by Gasteiger charge is -2.07. The number of amides is 1. The molecule has 0 spiro atoms. The molecule has 1 aromatic carbocycles. The molecule has 3 aromatic heterocycles. The molecule has 3 heterocycles. The standard InChI is InChI=1S/C22H15Cl2N3O3/c23-17-11-25-12-18(24)20(17)26-22(30)21(29)16-10-14(27-8-2-1-3-19(16)27)9-13-4-6-15(28)7-5-13/h1-8,10-12,28H,9H2,(H,25,26,30). The summed E-state index contributed by atoms with van der Waals surface area (Å²) in [5.41, 5.74) is 2.79. The fourth-order valence-corrected chi connectivity index (χ4v) is 3.65. The van der Waals surface area contributed by atoms with Gasteiger partial charge in [0.15, 0.2) is 0 Å². The van der Waals surface area contributed by atoms with E-state index in [4.69, 9.17) is 23.2 Å². The van der Waals surface area contributed by atoms with Gasteiger partial charge < -0.3 is 14.8 Å². The number of rotatable bonds is 5. The SMILES string of the molecule is O=C(Nc1c(Cl)cncc1Cl)C(=O)c1cc(Cc2ccc(O)cc2)n2ccccc12. The van der Waals surface area contributed by atoms with Gasteiger partial charge in [-0.25, -0.2) is 0 Å². The zero-order valence-electron chi connectivity index (χ0n) is 15.5. The number of phenolic OH excluding ortho intramolecular Hbond substituents is 1. The zero-order valence-corrected chi connectivity index (χ0v) is 17.0. The van der Waals surface area contributed by atoms with Crippen molar-refractivity contribution in [2.24, 2.45) is 0 Å². The number of nitrogens with one attached hydrogen (secondary N) is 1. The van der Waals surface area contributed by atoms with Gasteiger partial charge >= 0.3 is 0 Å². The number of Topliss-reactive ketones (excluding diaryl/α,β-unsaturated/α-hetero) is 1. The van der Waals surface area contributed by atoms with Crippen molar-refractivity contribution in [3.63, 3.8) is 0 Å². The summed E-state index contributed by atoms with van der Waals surface area (Å²) in [6.45, 7) is 0. The first-order valence-electron chi connectivity index (χ1n) is 8.95. The van der Waals surface area contributed by atoms with Gasteiger partial charge in [-0.1, -0.05) is 41.4 Å². The number of carbonyl (C=O) groups excluding carboxylic acids is 2. The van der Waals surface area contributed by atoms with Crippen molar-refractivity contribution in [2.75, 3.05) is 5.32 Å². The Morgan fingerprint density at radius 1 is 1.03 bits per heavy atom. The Morgan fingerprint density at radius 3 is 2.43 bits per heavy atom. The van der Waals surface area contributed by atoms with Crippen LogP contribution in [0.1, 0.15) is 21.6 Å². The Hall–Kier alpha value is -3.35. The molecule has 0 saturated heterocycles. The lowest BCUT2D eigenvalue weighted by atomic mass is 10.1. The van der Waals surface area contributed by atoms with Gasteiger partial charge in [-0.05, 0) is 35.9 Å². The van der Waals surface area contributed by atoms with Crippen molar-refractivity contribution in [3.8, 4) is 5.75 Å². The largest absolute Gasteiger partial charge is 0.508 e. The van der Waals surface area contributed by atoms with Crippen molar-refractivity contribution in [3.05, 3.63) is 94.0 Å². The van der Waals surface area contributed by atoms with E-state index in [2.05, 4.69) is 10.3 Å². The number of halogens is 2. The van der Waals surface area contributed by atoms with E-state index in [0.717, 1.165) is 11.3 Å². The Bertz CT molecular complexity index is 1250. The molecule has 0 saturated carbocycles. The number of anilines is 1. The normalized spacial score (nSPS) is 10.9. The van der Waals surface area contributed by atoms with Gasteiger partial charge in [0.25, 0.3) is 11.7 Å². The monoisotopic (exact) mass is 439 g/mol. The van der Waals surface area contributed by atoms with Gasteiger partial charge in [0, 0.05) is 30.7 Å². The summed E-state index contributed by atoms with van der Waals surface area (Å²) < 4.78 is 1.86.